The number of rotatable bonds is 9. The smallest absolute Gasteiger partial charge is 0.509 e. The number of hydrogen-bond donors (Lipinski definition) is 0. The minimum atomic E-state index is 0. The van der Waals surface area contributed by atoms with E-state index in [0.29, 0.717) is 23.3 Å². The van der Waals surface area contributed by atoms with Gasteiger partial charge in [-0.25, -0.2) is 4.98 Å². The van der Waals surface area contributed by atoms with E-state index in [1.54, 1.807) is 0 Å². The number of para-hydroxylation sites is 1. The molecule has 3 aromatic heterocycles. The van der Waals surface area contributed by atoms with Crippen LogP contribution in [0.2, 0.25) is 0 Å². The third-order valence-corrected chi connectivity index (χ3v) is 9.30. The summed E-state index contributed by atoms with van der Waals surface area (Å²) in [6.45, 7) is 15.8. The predicted octanol–water partition coefficient (Wildman–Crippen LogP) is 11.1. The topological polar surface area (TPSA) is 44.9 Å². The van der Waals surface area contributed by atoms with E-state index in [9.17, 15) is 0 Å². The van der Waals surface area contributed by atoms with E-state index in [4.69, 9.17) is 14.8 Å². The summed E-state index contributed by atoms with van der Waals surface area (Å²) in [7, 11) is 0. The van der Waals surface area contributed by atoms with Gasteiger partial charge in [-0.3, -0.25) is 4.68 Å². The van der Waals surface area contributed by atoms with Gasteiger partial charge in [0.05, 0.1) is 6.20 Å². The van der Waals surface area contributed by atoms with Crippen LogP contribution >= 0.6 is 0 Å². The Morgan fingerprint density at radius 1 is 0.816 bits per heavy atom. The molecule has 7 rings (SSSR count). The van der Waals surface area contributed by atoms with Crippen LogP contribution in [0.3, 0.4) is 0 Å². The van der Waals surface area contributed by atoms with Crippen molar-refractivity contribution in [2.75, 3.05) is 0 Å². The van der Waals surface area contributed by atoms with Crippen molar-refractivity contribution >= 4 is 21.8 Å². The number of benzene rings is 4. The number of aryl methyl sites for hydroxylation is 2. The number of fused-ring (bicyclic) bond motifs is 3. The summed E-state index contributed by atoms with van der Waals surface area (Å²) in [4.78, 5) is 4.70. The molecular formula is C43H42N4OPt. The van der Waals surface area contributed by atoms with E-state index in [1.807, 2.05) is 47.4 Å². The van der Waals surface area contributed by atoms with E-state index >= 15 is 0 Å². The predicted molar refractivity (Wildman–Crippen MR) is 197 cm³/mol. The minimum Gasteiger partial charge on any atom is -0.509 e. The Bertz CT molecular complexity index is 2280. The molecule has 0 fully saturated rings. The SMILES string of the molecule is CCc1cc(C(C)C)c(C(C)C)c(CC)c1-c1cnn(-c2[c-]c(Oc3[c-]c4c(cc3)c3ccccc3n4-c3cc(C)ccn3)ccc2)c1.[Pt+2]. The average Bonchev–Trinajstić information content (AvgIpc) is 3.70. The molecule has 4 aromatic carbocycles. The van der Waals surface area contributed by atoms with Gasteiger partial charge in [-0.05, 0) is 94.3 Å². The van der Waals surface area contributed by atoms with Gasteiger partial charge in [0.15, 0.2) is 0 Å². The summed E-state index contributed by atoms with van der Waals surface area (Å²) < 4.78 is 10.5. The van der Waals surface area contributed by atoms with Crippen LogP contribution < -0.4 is 4.74 Å². The van der Waals surface area contributed by atoms with Crippen LogP contribution in [0.5, 0.6) is 11.5 Å². The molecule has 0 radical (unpaired) electrons. The molecule has 0 aliphatic heterocycles. The first kappa shape index (κ1) is 34.4. The van der Waals surface area contributed by atoms with Crippen molar-refractivity contribution in [2.45, 2.75) is 73.1 Å². The van der Waals surface area contributed by atoms with Gasteiger partial charge in [-0.15, -0.1) is 35.7 Å². The first-order chi connectivity index (χ1) is 23.3. The Morgan fingerprint density at radius 3 is 2.35 bits per heavy atom. The van der Waals surface area contributed by atoms with E-state index in [1.165, 1.54) is 27.8 Å². The molecule has 0 spiro atoms. The van der Waals surface area contributed by atoms with Crippen LogP contribution in [-0.2, 0) is 33.9 Å². The fraction of sp³-hybridized carbons (Fsp3) is 0.256. The van der Waals surface area contributed by atoms with Crippen LogP contribution in [0, 0.1) is 19.1 Å². The standard InChI is InChI=1S/C43H42N4O.Pt/c1-8-30-22-38(27(3)4)42(28(5)6)35(9-2)43(30)31-25-45-46(26-31)32-13-12-14-33(23-32)48-34-17-18-37-36-15-10-11-16-39(36)47(40(37)24-34)41-21-29(7)19-20-44-41;/h10-22,25-28H,8-9H2,1-7H3;/q-2;+2. The Morgan fingerprint density at radius 2 is 1.61 bits per heavy atom. The van der Waals surface area contributed by atoms with Gasteiger partial charge in [0.1, 0.15) is 5.82 Å². The Balaban J connectivity index is 0.00000417. The van der Waals surface area contributed by atoms with E-state index < -0.39 is 0 Å². The number of hydrogen-bond acceptors (Lipinski definition) is 3. The summed E-state index contributed by atoms with van der Waals surface area (Å²) in [6.07, 6.45) is 7.93. The molecule has 0 atom stereocenters. The van der Waals surface area contributed by atoms with Crippen LogP contribution in [0.4, 0.5) is 0 Å². The van der Waals surface area contributed by atoms with Gasteiger partial charge in [0, 0.05) is 35.0 Å². The van der Waals surface area contributed by atoms with Crippen molar-refractivity contribution in [3.8, 4) is 34.1 Å². The third-order valence-electron chi connectivity index (χ3n) is 9.30. The van der Waals surface area contributed by atoms with Gasteiger partial charge in [0.25, 0.3) is 0 Å². The maximum Gasteiger partial charge on any atom is 2.00 e. The Kier molecular flexibility index (Phi) is 9.95. The van der Waals surface area contributed by atoms with E-state index in [0.717, 1.165) is 57.3 Å². The maximum absolute atomic E-state index is 6.42. The molecule has 0 saturated carbocycles. The van der Waals surface area contributed by atoms with Crippen LogP contribution in [0.1, 0.15) is 81.2 Å². The second kappa shape index (κ2) is 14.2. The Hall–Kier alpha value is -4.47. The van der Waals surface area contributed by atoms with Crippen molar-refractivity contribution in [3.05, 3.63) is 131 Å². The van der Waals surface area contributed by atoms with Gasteiger partial charge >= 0.3 is 21.1 Å². The number of pyridine rings is 1. The minimum absolute atomic E-state index is 0. The molecule has 0 unspecified atom stereocenters. The molecule has 0 saturated heterocycles. The monoisotopic (exact) mass is 825 g/mol. The van der Waals surface area contributed by atoms with Crippen molar-refractivity contribution in [1.82, 2.24) is 19.3 Å². The molecule has 0 amide bonds. The summed E-state index contributed by atoms with van der Waals surface area (Å²) in [5.74, 6) is 3.00. The first-order valence-corrected chi connectivity index (χ1v) is 17.1. The van der Waals surface area contributed by atoms with Crippen LogP contribution in [-0.4, -0.2) is 19.3 Å². The molecule has 5 nitrogen and oxygen atoms in total. The van der Waals surface area contributed by atoms with Gasteiger partial charge in [0.2, 0.25) is 0 Å². The normalized spacial score (nSPS) is 11.5. The summed E-state index contributed by atoms with van der Waals surface area (Å²) in [5, 5.41) is 7.07. The first-order valence-electron chi connectivity index (χ1n) is 17.1. The quantitative estimate of drug-likeness (QED) is 0.136. The second-order valence-corrected chi connectivity index (χ2v) is 13.2. The molecule has 7 aromatic rings. The van der Waals surface area contributed by atoms with E-state index in [-0.39, 0.29) is 21.1 Å². The maximum atomic E-state index is 6.42. The zero-order valence-electron chi connectivity index (χ0n) is 29.2. The largest absolute Gasteiger partial charge is 2.00 e. The summed E-state index contributed by atoms with van der Waals surface area (Å²) >= 11 is 0. The molecule has 0 aliphatic rings. The molecule has 0 aliphatic carbocycles. The third kappa shape index (κ3) is 6.37. The summed E-state index contributed by atoms with van der Waals surface area (Å²) in [6, 6.07) is 31.9. The molecule has 49 heavy (non-hydrogen) atoms. The molecular weight excluding hydrogens is 784 g/mol. The zero-order chi connectivity index (χ0) is 33.5. The van der Waals surface area contributed by atoms with Crippen molar-refractivity contribution in [1.29, 1.82) is 0 Å². The summed E-state index contributed by atoms with van der Waals surface area (Å²) in [5.41, 5.74) is 12.2. The molecule has 6 heteroatoms. The number of ether oxygens (including phenoxy) is 1. The van der Waals surface area contributed by atoms with Crippen LogP contribution in [0.15, 0.2) is 91.4 Å². The average molecular weight is 826 g/mol. The van der Waals surface area contributed by atoms with Crippen molar-refractivity contribution in [2.24, 2.45) is 0 Å². The zero-order valence-corrected chi connectivity index (χ0v) is 31.5. The molecule has 0 bridgehead atoms. The van der Waals surface area contributed by atoms with Gasteiger partial charge < -0.3 is 9.30 Å². The molecule has 0 N–H and O–H groups in total. The van der Waals surface area contributed by atoms with Gasteiger partial charge in [-0.2, -0.15) is 17.2 Å². The molecule has 250 valence electrons. The Labute approximate surface area is 304 Å². The van der Waals surface area contributed by atoms with Crippen LogP contribution in [0.25, 0.3) is 44.4 Å². The number of nitrogens with zero attached hydrogens (tertiary/aromatic N) is 4. The van der Waals surface area contributed by atoms with Crippen molar-refractivity contribution < 1.29 is 25.8 Å². The van der Waals surface area contributed by atoms with Gasteiger partial charge in [-0.1, -0.05) is 71.3 Å². The van der Waals surface area contributed by atoms with Crippen molar-refractivity contribution in [3.63, 3.8) is 0 Å². The van der Waals surface area contributed by atoms with E-state index in [2.05, 4.69) is 114 Å². The fourth-order valence-electron chi connectivity index (χ4n) is 7.15. The fourth-order valence-corrected chi connectivity index (χ4v) is 7.15. The molecule has 3 heterocycles. The second-order valence-electron chi connectivity index (χ2n) is 13.2. The number of aromatic nitrogens is 4.